The Hall–Kier alpha value is -5.66. The van der Waals surface area contributed by atoms with E-state index in [0.29, 0.717) is 12.4 Å². The Bertz CT molecular complexity index is 2260. The Morgan fingerprint density at radius 1 is 0.667 bits per heavy atom. The molecule has 0 amide bonds. The molecule has 0 saturated heterocycles. The normalized spacial score (nSPS) is 11.8. The van der Waals surface area contributed by atoms with Gasteiger partial charge < -0.3 is 14.6 Å². The second-order valence-corrected chi connectivity index (χ2v) is 12.0. The van der Waals surface area contributed by atoms with Gasteiger partial charge >= 0.3 is 0 Å². The smallest absolute Gasteiger partial charge is 0.163 e. The van der Waals surface area contributed by atoms with Gasteiger partial charge in [-0.05, 0) is 101 Å². The van der Waals surface area contributed by atoms with Crippen molar-refractivity contribution in [2.24, 2.45) is 0 Å². The highest BCUT2D eigenvalue weighted by molar-refractivity contribution is 7.80. The third-order valence-electron chi connectivity index (χ3n) is 8.38. The van der Waals surface area contributed by atoms with E-state index in [0.717, 1.165) is 66.8 Å². The SMILES string of the molecule is CC(C(O)=S)c1cccc(-c2ccc(OCc3ccc4cc(F)ccc4n3)cc2)c1-c1ccc(OCc2ccc3ccccc3n2)cc1. The summed E-state index contributed by atoms with van der Waals surface area (Å²) >= 11 is 5.21. The predicted octanol–water partition coefficient (Wildman–Crippen LogP) is 10.4. The van der Waals surface area contributed by atoms with Crippen molar-refractivity contribution in [2.45, 2.75) is 26.1 Å². The molecular formula is C41H31FN2O3S. The number of rotatable bonds is 10. The molecule has 1 unspecified atom stereocenters. The number of hydrogen-bond acceptors (Lipinski definition) is 5. The predicted molar refractivity (Wildman–Crippen MR) is 193 cm³/mol. The molecule has 0 fully saturated rings. The van der Waals surface area contributed by atoms with Crippen molar-refractivity contribution in [3.63, 3.8) is 0 Å². The largest absolute Gasteiger partial charge is 0.502 e. The molecule has 0 aliphatic heterocycles. The number of aliphatic hydroxyl groups is 1. The molecular weight excluding hydrogens is 620 g/mol. The number of ether oxygens (including phenoxy) is 2. The lowest BCUT2D eigenvalue weighted by Crippen LogP contribution is -2.07. The van der Waals surface area contributed by atoms with Crippen molar-refractivity contribution < 1.29 is 19.0 Å². The number of benzene rings is 5. The van der Waals surface area contributed by atoms with Crippen molar-refractivity contribution in [1.82, 2.24) is 9.97 Å². The molecule has 0 aliphatic rings. The lowest BCUT2D eigenvalue weighted by molar-refractivity contribution is 0.302. The number of para-hydroxylation sites is 1. The number of halogens is 1. The fourth-order valence-corrected chi connectivity index (χ4v) is 5.92. The molecule has 0 radical (unpaired) electrons. The highest BCUT2D eigenvalue weighted by Gasteiger charge is 2.20. The first-order valence-electron chi connectivity index (χ1n) is 15.6. The van der Waals surface area contributed by atoms with E-state index in [1.807, 2.05) is 110 Å². The summed E-state index contributed by atoms with van der Waals surface area (Å²) < 4.78 is 25.7. The van der Waals surface area contributed by atoms with Crippen LogP contribution in [0.4, 0.5) is 4.39 Å². The molecule has 2 heterocycles. The molecule has 0 aliphatic carbocycles. The maximum Gasteiger partial charge on any atom is 0.163 e. The van der Waals surface area contributed by atoms with Gasteiger partial charge in [0.15, 0.2) is 5.05 Å². The molecule has 48 heavy (non-hydrogen) atoms. The summed E-state index contributed by atoms with van der Waals surface area (Å²) in [5, 5.41) is 12.1. The topological polar surface area (TPSA) is 64.5 Å². The van der Waals surface area contributed by atoms with Crippen LogP contribution in [0.2, 0.25) is 0 Å². The minimum Gasteiger partial charge on any atom is -0.502 e. The summed E-state index contributed by atoms with van der Waals surface area (Å²) in [5.41, 5.74) is 8.14. The van der Waals surface area contributed by atoms with E-state index in [-0.39, 0.29) is 23.4 Å². The Morgan fingerprint density at radius 2 is 1.27 bits per heavy atom. The highest BCUT2D eigenvalue weighted by Crippen LogP contribution is 2.39. The average molecular weight is 651 g/mol. The van der Waals surface area contributed by atoms with Crippen LogP contribution >= 0.6 is 12.2 Å². The minimum absolute atomic E-state index is 0.0626. The quantitative estimate of drug-likeness (QED) is 0.149. The van der Waals surface area contributed by atoms with Gasteiger partial charge in [0.1, 0.15) is 30.5 Å². The molecule has 5 aromatic carbocycles. The van der Waals surface area contributed by atoms with Crippen LogP contribution in [0.1, 0.15) is 29.8 Å². The average Bonchev–Trinajstić information content (AvgIpc) is 3.12. The summed E-state index contributed by atoms with van der Waals surface area (Å²) in [6.45, 7) is 2.55. The summed E-state index contributed by atoms with van der Waals surface area (Å²) in [6.07, 6.45) is 0. The van der Waals surface area contributed by atoms with Crippen molar-refractivity contribution in [3.8, 4) is 33.8 Å². The molecule has 1 N–H and O–H groups in total. The van der Waals surface area contributed by atoms with Crippen LogP contribution in [0.15, 0.2) is 133 Å². The van der Waals surface area contributed by atoms with E-state index in [1.165, 1.54) is 12.1 Å². The van der Waals surface area contributed by atoms with Crippen molar-refractivity contribution >= 4 is 39.1 Å². The maximum absolute atomic E-state index is 13.5. The maximum atomic E-state index is 13.5. The van der Waals surface area contributed by atoms with E-state index in [4.69, 9.17) is 26.7 Å². The van der Waals surface area contributed by atoms with E-state index >= 15 is 0 Å². The molecule has 0 bridgehead atoms. The van der Waals surface area contributed by atoms with E-state index in [9.17, 15) is 9.50 Å². The standard InChI is InChI=1S/C41H31FN2O3S/c1-26(41(45)48)36-6-4-7-37(27-11-18-34(19-12-27)46-25-33-17-10-30-23-31(42)15-22-39(30)44-33)40(36)29-13-20-35(21-14-29)47-24-32-16-9-28-5-2-3-8-38(28)43-32/h2-23,26H,24-25H2,1H3,(H,45,48). The van der Waals surface area contributed by atoms with Crippen LogP contribution in [0.3, 0.4) is 0 Å². The van der Waals surface area contributed by atoms with Crippen LogP contribution in [-0.4, -0.2) is 20.1 Å². The highest BCUT2D eigenvalue weighted by atomic mass is 32.1. The fraction of sp³-hybridized carbons (Fsp3) is 0.0976. The first-order chi connectivity index (χ1) is 23.4. The summed E-state index contributed by atoms with van der Waals surface area (Å²) in [6, 6.07) is 42.2. The number of aliphatic hydroxyl groups excluding tert-OH is 1. The van der Waals surface area contributed by atoms with E-state index < -0.39 is 0 Å². The van der Waals surface area contributed by atoms with Crippen molar-refractivity contribution in [1.29, 1.82) is 0 Å². The Balaban J connectivity index is 1.11. The third-order valence-corrected chi connectivity index (χ3v) is 8.73. The van der Waals surface area contributed by atoms with E-state index in [2.05, 4.69) is 17.1 Å². The number of aromatic nitrogens is 2. The molecule has 7 heteroatoms. The van der Waals surface area contributed by atoms with Crippen LogP contribution in [-0.2, 0) is 13.2 Å². The van der Waals surface area contributed by atoms with E-state index in [1.54, 1.807) is 6.07 Å². The Kier molecular flexibility index (Phi) is 8.77. The number of hydrogen-bond donors (Lipinski definition) is 1. The van der Waals surface area contributed by atoms with Gasteiger partial charge in [0.2, 0.25) is 0 Å². The Labute approximate surface area is 283 Å². The number of thiocarbonyl (C=S) groups is 1. The number of nitrogens with zero attached hydrogens (tertiary/aromatic N) is 2. The van der Waals surface area contributed by atoms with Gasteiger partial charge in [-0.25, -0.2) is 14.4 Å². The van der Waals surface area contributed by atoms with Crippen LogP contribution in [0, 0.1) is 5.82 Å². The molecule has 7 rings (SSSR count). The van der Waals surface area contributed by atoms with Crippen LogP contribution < -0.4 is 9.47 Å². The van der Waals surface area contributed by atoms with Crippen LogP contribution in [0.25, 0.3) is 44.1 Å². The van der Waals surface area contributed by atoms with Gasteiger partial charge in [0.05, 0.1) is 22.4 Å². The molecule has 0 spiro atoms. The molecule has 5 nitrogen and oxygen atoms in total. The second kappa shape index (κ2) is 13.6. The van der Waals surface area contributed by atoms with Gasteiger partial charge in [-0.2, -0.15) is 0 Å². The monoisotopic (exact) mass is 650 g/mol. The van der Waals surface area contributed by atoms with Gasteiger partial charge in [-0.15, -0.1) is 0 Å². The third kappa shape index (κ3) is 6.73. The van der Waals surface area contributed by atoms with Gasteiger partial charge in [0, 0.05) is 16.7 Å². The van der Waals surface area contributed by atoms with Crippen molar-refractivity contribution in [2.75, 3.05) is 0 Å². The molecule has 2 aromatic heterocycles. The summed E-state index contributed by atoms with van der Waals surface area (Å²) in [7, 11) is 0. The van der Waals surface area contributed by atoms with Gasteiger partial charge in [0.25, 0.3) is 0 Å². The first-order valence-corrected chi connectivity index (χ1v) is 16.0. The minimum atomic E-state index is -0.349. The van der Waals surface area contributed by atoms with Crippen molar-refractivity contribution in [3.05, 3.63) is 156 Å². The zero-order valence-electron chi connectivity index (χ0n) is 26.1. The second-order valence-electron chi connectivity index (χ2n) is 11.6. The zero-order chi connectivity index (χ0) is 33.0. The molecule has 236 valence electrons. The number of pyridine rings is 2. The van der Waals surface area contributed by atoms with Gasteiger partial charge in [-0.3, -0.25) is 0 Å². The molecule has 1 atom stereocenters. The van der Waals surface area contributed by atoms with Gasteiger partial charge in [-0.1, -0.05) is 79.7 Å². The molecule has 7 aromatic rings. The first kappa shape index (κ1) is 31.0. The Morgan fingerprint density at radius 3 is 1.94 bits per heavy atom. The zero-order valence-corrected chi connectivity index (χ0v) is 27.0. The summed E-state index contributed by atoms with van der Waals surface area (Å²) in [5.74, 6) is 0.795. The summed E-state index contributed by atoms with van der Waals surface area (Å²) in [4.78, 5) is 9.30. The number of fused-ring (bicyclic) bond motifs is 2. The van der Waals surface area contributed by atoms with Crippen LogP contribution in [0.5, 0.6) is 11.5 Å². The fourth-order valence-electron chi connectivity index (χ4n) is 5.80. The molecule has 0 saturated carbocycles. The lowest BCUT2D eigenvalue weighted by atomic mass is 9.86. The lowest BCUT2D eigenvalue weighted by Gasteiger charge is -2.20.